The molecule has 0 radical (unpaired) electrons. The second-order valence-electron chi connectivity index (χ2n) is 6.66. The molecule has 0 aliphatic carbocycles. The predicted molar refractivity (Wildman–Crippen MR) is 96.5 cm³/mol. The van der Waals surface area contributed by atoms with Crippen LogP contribution in [0.4, 0.5) is 11.4 Å². The summed E-state index contributed by atoms with van der Waals surface area (Å²) in [6.45, 7) is 5.42. The molecule has 0 saturated carbocycles. The fourth-order valence-corrected chi connectivity index (χ4v) is 3.02. The maximum Gasteiger partial charge on any atom is 0.338 e. The van der Waals surface area contributed by atoms with Crippen LogP contribution in [0.2, 0.25) is 0 Å². The summed E-state index contributed by atoms with van der Waals surface area (Å²) in [7, 11) is 0. The Hall–Kier alpha value is -2.97. The van der Waals surface area contributed by atoms with Crippen molar-refractivity contribution in [3.05, 3.63) is 45.6 Å². The molecule has 0 unspecified atom stereocenters. The molecule has 27 heavy (non-hydrogen) atoms. The van der Waals surface area contributed by atoms with Gasteiger partial charge in [-0.1, -0.05) is 19.0 Å². The van der Waals surface area contributed by atoms with Crippen molar-refractivity contribution >= 4 is 17.3 Å². The average molecular weight is 374 g/mol. The molecule has 1 saturated heterocycles. The molecule has 3 rings (SSSR count). The third-order valence-corrected chi connectivity index (χ3v) is 4.69. The maximum atomic E-state index is 12.3. The third kappa shape index (κ3) is 4.42. The van der Waals surface area contributed by atoms with Crippen molar-refractivity contribution in [3.8, 4) is 0 Å². The molecule has 0 N–H and O–H groups in total. The topological polar surface area (TPSA) is 112 Å². The summed E-state index contributed by atoms with van der Waals surface area (Å²) in [5.41, 5.74) is 0.559. The summed E-state index contributed by atoms with van der Waals surface area (Å²) in [5, 5.41) is 15.2. The molecule has 2 heterocycles. The maximum absolute atomic E-state index is 12.3. The Balaban J connectivity index is 1.72. The van der Waals surface area contributed by atoms with Crippen LogP contribution in [0.15, 0.2) is 22.7 Å². The van der Waals surface area contributed by atoms with Crippen molar-refractivity contribution in [3.63, 3.8) is 0 Å². The van der Waals surface area contributed by atoms with Gasteiger partial charge in [-0.25, -0.2) is 4.79 Å². The molecule has 144 valence electrons. The number of ether oxygens (including phenoxy) is 1. The van der Waals surface area contributed by atoms with E-state index in [2.05, 4.69) is 17.1 Å². The summed E-state index contributed by atoms with van der Waals surface area (Å²) < 4.78 is 10.1. The first-order valence-electron chi connectivity index (χ1n) is 9.00. The number of hydrogen-bond donors (Lipinski definition) is 0. The number of carbonyl (C=O) groups excluding carboxylic acids is 1. The number of anilines is 1. The summed E-state index contributed by atoms with van der Waals surface area (Å²) >= 11 is 0. The normalized spacial score (nSPS) is 15.0. The molecule has 0 amide bonds. The zero-order valence-electron chi connectivity index (χ0n) is 15.4. The van der Waals surface area contributed by atoms with Gasteiger partial charge in [0, 0.05) is 25.6 Å². The van der Waals surface area contributed by atoms with Gasteiger partial charge < -0.3 is 14.2 Å². The zero-order chi connectivity index (χ0) is 19.4. The van der Waals surface area contributed by atoms with Crippen LogP contribution in [-0.4, -0.2) is 34.1 Å². The highest BCUT2D eigenvalue weighted by Gasteiger charge is 2.25. The molecule has 1 aliphatic rings. The van der Waals surface area contributed by atoms with Gasteiger partial charge >= 0.3 is 5.97 Å². The van der Waals surface area contributed by atoms with Crippen LogP contribution in [0.1, 0.15) is 48.8 Å². The molecule has 9 heteroatoms. The lowest BCUT2D eigenvalue weighted by Crippen LogP contribution is -2.33. The second kappa shape index (κ2) is 8.15. The third-order valence-electron chi connectivity index (χ3n) is 4.69. The van der Waals surface area contributed by atoms with E-state index in [-0.39, 0.29) is 23.7 Å². The van der Waals surface area contributed by atoms with Crippen LogP contribution in [0, 0.1) is 16.0 Å². The largest absolute Gasteiger partial charge is 0.452 e. The van der Waals surface area contributed by atoms with Gasteiger partial charge in [-0.2, -0.15) is 4.98 Å². The van der Waals surface area contributed by atoms with Crippen LogP contribution in [0.5, 0.6) is 0 Å². The van der Waals surface area contributed by atoms with Crippen LogP contribution < -0.4 is 4.90 Å². The number of nitro benzene ring substituents is 1. The molecule has 1 fully saturated rings. The highest BCUT2D eigenvalue weighted by atomic mass is 16.6. The second-order valence-corrected chi connectivity index (χ2v) is 6.66. The molecule has 2 aromatic rings. The lowest BCUT2D eigenvalue weighted by molar-refractivity contribution is -0.384. The van der Waals surface area contributed by atoms with Gasteiger partial charge in [-0.15, -0.1) is 0 Å². The number of nitro groups is 1. The van der Waals surface area contributed by atoms with Crippen molar-refractivity contribution in [2.45, 2.75) is 39.7 Å². The van der Waals surface area contributed by atoms with Crippen molar-refractivity contribution in [2.24, 2.45) is 5.92 Å². The first-order valence-corrected chi connectivity index (χ1v) is 9.00. The van der Waals surface area contributed by atoms with Gasteiger partial charge in [0.15, 0.2) is 12.4 Å². The van der Waals surface area contributed by atoms with Gasteiger partial charge in [0.05, 0.1) is 10.5 Å². The van der Waals surface area contributed by atoms with Crippen LogP contribution in [-0.2, 0) is 17.8 Å². The Bertz CT molecular complexity index is 827. The van der Waals surface area contributed by atoms with E-state index in [1.165, 1.54) is 6.07 Å². The van der Waals surface area contributed by atoms with E-state index in [0.717, 1.165) is 25.9 Å². The van der Waals surface area contributed by atoms with E-state index >= 15 is 0 Å². The minimum absolute atomic E-state index is 0.0925. The van der Waals surface area contributed by atoms with Crippen molar-refractivity contribution in [2.75, 3.05) is 18.0 Å². The van der Waals surface area contributed by atoms with E-state index < -0.39 is 10.9 Å². The average Bonchev–Trinajstić information content (AvgIpc) is 3.14. The van der Waals surface area contributed by atoms with Crippen molar-refractivity contribution < 1.29 is 19.0 Å². The number of nitrogens with zero attached hydrogens (tertiary/aromatic N) is 4. The molecule has 1 aromatic heterocycles. The van der Waals surface area contributed by atoms with Crippen LogP contribution >= 0.6 is 0 Å². The number of aromatic nitrogens is 2. The van der Waals surface area contributed by atoms with Crippen molar-refractivity contribution in [1.29, 1.82) is 0 Å². The lowest BCUT2D eigenvalue weighted by atomic mass is 9.98. The number of carbonyl (C=O) groups is 1. The summed E-state index contributed by atoms with van der Waals surface area (Å²) in [6.07, 6.45) is 2.59. The van der Waals surface area contributed by atoms with E-state index in [9.17, 15) is 14.9 Å². The standard InChI is InChI=1S/C18H22N4O5/c1-3-16-19-17(27-20-16)11-26-18(23)13-4-5-14(15(10-13)22(24)25)21-8-6-12(2)7-9-21/h4-5,10,12H,3,6-9,11H2,1-2H3. The van der Waals surface area contributed by atoms with Crippen LogP contribution in [0.3, 0.4) is 0 Å². The van der Waals surface area contributed by atoms with E-state index in [4.69, 9.17) is 9.26 Å². The van der Waals surface area contributed by atoms with Crippen molar-refractivity contribution in [1.82, 2.24) is 10.1 Å². The SMILES string of the molecule is CCc1noc(COC(=O)c2ccc(N3CCC(C)CC3)c([N+](=O)[O-])c2)n1. The highest BCUT2D eigenvalue weighted by Crippen LogP contribution is 2.32. The Kier molecular flexibility index (Phi) is 5.68. The Morgan fingerprint density at radius 1 is 1.41 bits per heavy atom. The highest BCUT2D eigenvalue weighted by molar-refractivity contribution is 5.91. The van der Waals surface area contributed by atoms with Gasteiger partial charge in [-0.05, 0) is 30.9 Å². The fourth-order valence-electron chi connectivity index (χ4n) is 3.02. The number of aryl methyl sites for hydroxylation is 1. The monoisotopic (exact) mass is 374 g/mol. The fraction of sp³-hybridized carbons (Fsp3) is 0.500. The number of rotatable bonds is 6. The molecular weight excluding hydrogens is 352 g/mol. The first-order chi connectivity index (χ1) is 13.0. The number of benzene rings is 1. The van der Waals surface area contributed by atoms with Gasteiger partial charge in [-0.3, -0.25) is 10.1 Å². The number of esters is 1. The molecule has 1 aromatic carbocycles. The Morgan fingerprint density at radius 3 is 2.78 bits per heavy atom. The smallest absolute Gasteiger partial charge is 0.338 e. The minimum atomic E-state index is -0.673. The Morgan fingerprint density at radius 2 is 2.15 bits per heavy atom. The van der Waals surface area contributed by atoms with Crippen LogP contribution in [0.25, 0.3) is 0 Å². The van der Waals surface area contributed by atoms with E-state index in [1.807, 2.05) is 11.8 Å². The van der Waals surface area contributed by atoms with E-state index in [1.54, 1.807) is 12.1 Å². The minimum Gasteiger partial charge on any atom is -0.452 e. The molecule has 0 bridgehead atoms. The number of piperidine rings is 1. The Labute approximate surface area is 156 Å². The summed E-state index contributed by atoms with van der Waals surface area (Å²) in [5.74, 6) is 0.659. The summed E-state index contributed by atoms with van der Waals surface area (Å²) in [4.78, 5) is 29.4. The molecule has 0 spiro atoms. The van der Waals surface area contributed by atoms with E-state index in [0.29, 0.717) is 23.9 Å². The zero-order valence-corrected chi connectivity index (χ0v) is 15.4. The van der Waals surface area contributed by atoms with Gasteiger partial charge in [0.1, 0.15) is 5.69 Å². The summed E-state index contributed by atoms with van der Waals surface area (Å²) in [6, 6.07) is 4.43. The molecule has 9 nitrogen and oxygen atoms in total. The number of hydrogen-bond acceptors (Lipinski definition) is 8. The first kappa shape index (κ1) is 18.8. The lowest BCUT2D eigenvalue weighted by Gasteiger charge is -2.31. The predicted octanol–water partition coefficient (Wildman–Crippen LogP) is 3.13. The quantitative estimate of drug-likeness (QED) is 0.431. The molecule has 0 atom stereocenters. The van der Waals surface area contributed by atoms with Gasteiger partial charge in [0.2, 0.25) is 0 Å². The molecule has 1 aliphatic heterocycles. The van der Waals surface area contributed by atoms with Gasteiger partial charge in [0.25, 0.3) is 11.6 Å². The molecular formula is C18H22N4O5.